The van der Waals surface area contributed by atoms with Crippen LogP contribution in [0.25, 0.3) is 0 Å². The molecule has 1 aliphatic rings. The molecular weight excluding hydrogens is 208 g/mol. The summed E-state index contributed by atoms with van der Waals surface area (Å²) in [7, 11) is 2.06. The maximum absolute atomic E-state index is 3.44. The maximum Gasteiger partial charge on any atom is 0.0446 e. The van der Waals surface area contributed by atoms with Crippen molar-refractivity contribution in [1.29, 1.82) is 0 Å². The van der Waals surface area contributed by atoms with Gasteiger partial charge in [0.05, 0.1) is 0 Å². The highest BCUT2D eigenvalue weighted by atomic mass is 15.2. The van der Waals surface area contributed by atoms with Crippen molar-refractivity contribution in [2.24, 2.45) is 5.92 Å². The molecule has 2 heteroatoms. The third-order valence-corrected chi connectivity index (χ3v) is 3.88. The van der Waals surface area contributed by atoms with Crippen LogP contribution in [0.1, 0.15) is 31.9 Å². The smallest absolute Gasteiger partial charge is 0.0446 e. The molecule has 1 N–H and O–H groups in total. The lowest BCUT2D eigenvalue weighted by Crippen LogP contribution is -2.36. The highest BCUT2D eigenvalue weighted by Gasteiger charge is 2.27. The number of benzene rings is 1. The monoisotopic (exact) mass is 232 g/mol. The molecule has 17 heavy (non-hydrogen) atoms. The first kappa shape index (κ1) is 12.6. The molecule has 0 radical (unpaired) electrons. The molecule has 3 atom stereocenters. The van der Waals surface area contributed by atoms with Gasteiger partial charge in [-0.3, -0.25) is 4.90 Å². The zero-order valence-electron chi connectivity index (χ0n) is 11.2. The summed E-state index contributed by atoms with van der Waals surface area (Å²) in [5.41, 5.74) is 1.39. The molecule has 1 fully saturated rings. The van der Waals surface area contributed by atoms with E-state index in [9.17, 15) is 0 Å². The minimum absolute atomic E-state index is 0.448. The fourth-order valence-electron chi connectivity index (χ4n) is 2.92. The molecule has 3 unspecified atom stereocenters. The minimum atomic E-state index is 0.448. The van der Waals surface area contributed by atoms with Gasteiger partial charge in [0.25, 0.3) is 0 Å². The Morgan fingerprint density at radius 2 is 2.00 bits per heavy atom. The van der Waals surface area contributed by atoms with Crippen molar-refractivity contribution in [3.8, 4) is 0 Å². The molecule has 0 aromatic heterocycles. The Labute approximate surface area is 105 Å². The Balaban J connectivity index is 2.01. The number of hydrogen-bond donors (Lipinski definition) is 1. The fourth-order valence-corrected chi connectivity index (χ4v) is 2.92. The fraction of sp³-hybridized carbons (Fsp3) is 0.600. The third kappa shape index (κ3) is 3.08. The van der Waals surface area contributed by atoms with Crippen LogP contribution in [0.5, 0.6) is 0 Å². The summed E-state index contributed by atoms with van der Waals surface area (Å²) in [6.07, 6.45) is 1.34. The Hall–Kier alpha value is -0.860. The van der Waals surface area contributed by atoms with Gasteiger partial charge in [0.1, 0.15) is 0 Å². The summed E-state index contributed by atoms with van der Waals surface area (Å²) in [6.45, 7) is 7.06. The zero-order valence-corrected chi connectivity index (χ0v) is 11.2. The van der Waals surface area contributed by atoms with E-state index >= 15 is 0 Å². The van der Waals surface area contributed by atoms with E-state index in [-0.39, 0.29) is 0 Å². The van der Waals surface area contributed by atoms with E-state index in [0.29, 0.717) is 6.04 Å². The van der Waals surface area contributed by atoms with Gasteiger partial charge in [0, 0.05) is 25.2 Å². The predicted octanol–water partition coefficient (Wildman–Crippen LogP) is 2.68. The van der Waals surface area contributed by atoms with Crippen molar-refractivity contribution in [3.63, 3.8) is 0 Å². The van der Waals surface area contributed by atoms with Crippen LogP contribution in [0, 0.1) is 5.92 Å². The minimum Gasteiger partial charge on any atom is -0.312 e. The lowest BCUT2D eigenvalue weighted by Gasteiger charge is -2.27. The van der Waals surface area contributed by atoms with E-state index < -0.39 is 0 Å². The number of likely N-dealkylation sites (tertiary alicyclic amines) is 1. The van der Waals surface area contributed by atoms with Crippen LogP contribution in [-0.2, 0) is 0 Å². The summed E-state index contributed by atoms with van der Waals surface area (Å²) < 4.78 is 0. The van der Waals surface area contributed by atoms with E-state index in [1.165, 1.54) is 18.5 Å². The lowest BCUT2D eigenvalue weighted by atomic mass is 10.1. The number of nitrogens with zero attached hydrogens (tertiary/aromatic N) is 1. The molecule has 94 valence electrons. The predicted molar refractivity (Wildman–Crippen MR) is 73.1 cm³/mol. The van der Waals surface area contributed by atoms with Gasteiger partial charge >= 0.3 is 0 Å². The van der Waals surface area contributed by atoms with Crippen LogP contribution in [0.15, 0.2) is 30.3 Å². The van der Waals surface area contributed by atoms with E-state index in [1.807, 2.05) is 0 Å². The maximum atomic E-state index is 3.44. The van der Waals surface area contributed by atoms with E-state index in [1.54, 1.807) is 0 Å². The molecule has 1 aromatic rings. The summed E-state index contributed by atoms with van der Waals surface area (Å²) >= 11 is 0. The number of nitrogens with one attached hydrogen (secondary N) is 1. The second-order valence-corrected chi connectivity index (χ2v) is 5.40. The standard InChI is InChI=1S/C15H24N2/c1-12-9-13(2)17(10-12)11-15(16-3)14-7-5-4-6-8-14/h4-8,12-13,15-16H,9-11H2,1-3H3. The van der Waals surface area contributed by atoms with Gasteiger partial charge in [0.15, 0.2) is 0 Å². The van der Waals surface area contributed by atoms with Crippen LogP contribution in [0.2, 0.25) is 0 Å². The molecule has 1 heterocycles. The molecule has 2 rings (SSSR count). The number of likely N-dealkylation sites (N-methyl/N-ethyl adjacent to an activating group) is 1. The van der Waals surface area contributed by atoms with Gasteiger partial charge in [-0.05, 0) is 31.9 Å². The van der Waals surface area contributed by atoms with E-state index in [0.717, 1.165) is 18.5 Å². The average Bonchev–Trinajstić information content (AvgIpc) is 2.66. The second-order valence-electron chi connectivity index (χ2n) is 5.40. The van der Waals surface area contributed by atoms with Crippen LogP contribution in [0.3, 0.4) is 0 Å². The first-order chi connectivity index (χ1) is 8.20. The van der Waals surface area contributed by atoms with Crippen molar-refractivity contribution < 1.29 is 0 Å². The van der Waals surface area contributed by atoms with Gasteiger partial charge in [-0.2, -0.15) is 0 Å². The average molecular weight is 232 g/mol. The summed E-state index contributed by atoms with van der Waals surface area (Å²) in [5, 5.41) is 3.44. The summed E-state index contributed by atoms with van der Waals surface area (Å²) in [5.74, 6) is 0.846. The van der Waals surface area contributed by atoms with Crippen LogP contribution >= 0.6 is 0 Å². The molecule has 1 saturated heterocycles. The first-order valence-electron chi connectivity index (χ1n) is 6.67. The topological polar surface area (TPSA) is 15.3 Å². The zero-order chi connectivity index (χ0) is 12.3. The van der Waals surface area contributed by atoms with Gasteiger partial charge in [-0.1, -0.05) is 37.3 Å². The SMILES string of the molecule is CNC(CN1CC(C)CC1C)c1ccccc1. The van der Waals surface area contributed by atoms with Gasteiger partial charge in [-0.15, -0.1) is 0 Å². The molecular formula is C15H24N2. The molecule has 1 aromatic carbocycles. The Morgan fingerprint density at radius 3 is 2.53 bits per heavy atom. The van der Waals surface area contributed by atoms with Crippen LogP contribution in [-0.4, -0.2) is 31.1 Å². The van der Waals surface area contributed by atoms with Crippen molar-refractivity contribution in [1.82, 2.24) is 10.2 Å². The van der Waals surface area contributed by atoms with Crippen molar-refractivity contribution in [2.75, 3.05) is 20.1 Å². The third-order valence-electron chi connectivity index (χ3n) is 3.88. The van der Waals surface area contributed by atoms with Gasteiger partial charge in [0.2, 0.25) is 0 Å². The van der Waals surface area contributed by atoms with E-state index in [4.69, 9.17) is 0 Å². The van der Waals surface area contributed by atoms with Gasteiger partial charge in [-0.25, -0.2) is 0 Å². The van der Waals surface area contributed by atoms with Crippen molar-refractivity contribution in [3.05, 3.63) is 35.9 Å². The molecule has 0 amide bonds. The Morgan fingerprint density at radius 1 is 1.29 bits per heavy atom. The van der Waals surface area contributed by atoms with Crippen LogP contribution in [0.4, 0.5) is 0 Å². The van der Waals surface area contributed by atoms with Crippen LogP contribution < -0.4 is 5.32 Å². The lowest BCUT2D eigenvalue weighted by molar-refractivity contribution is 0.238. The van der Waals surface area contributed by atoms with Gasteiger partial charge < -0.3 is 5.32 Å². The first-order valence-corrected chi connectivity index (χ1v) is 6.67. The Bertz CT molecular complexity index is 336. The molecule has 0 aliphatic carbocycles. The van der Waals surface area contributed by atoms with E-state index in [2.05, 4.69) is 61.4 Å². The van der Waals surface area contributed by atoms with Crippen molar-refractivity contribution in [2.45, 2.75) is 32.4 Å². The largest absolute Gasteiger partial charge is 0.312 e. The van der Waals surface area contributed by atoms with Crippen molar-refractivity contribution >= 4 is 0 Å². The Kier molecular flexibility index (Phi) is 4.19. The summed E-state index contributed by atoms with van der Waals surface area (Å²) in [6, 6.07) is 11.9. The normalized spacial score (nSPS) is 27.2. The quantitative estimate of drug-likeness (QED) is 0.858. The molecule has 2 nitrogen and oxygen atoms in total. The number of rotatable bonds is 4. The number of hydrogen-bond acceptors (Lipinski definition) is 2. The molecule has 1 aliphatic heterocycles. The molecule has 0 bridgehead atoms. The molecule has 0 saturated carbocycles. The second kappa shape index (κ2) is 5.65. The highest BCUT2D eigenvalue weighted by molar-refractivity contribution is 5.19. The summed E-state index contributed by atoms with van der Waals surface area (Å²) in [4.78, 5) is 2.61. The molecule has 0 spiro atoms. The highest BCUT2D eigenvalue weighted by Crippen LogP contribution is 2.25.